The standard InChI is InChI=1S/C29H25N5O2/c1-4-24(22-12-9-17-30-19-22)25(5-2)29(36)31-23-15-13-20(14-16-23)26-18-27(34(3)33-26)32-28(35)21-10-7-6-8-11-21/h4-19H,1-2H2,3H3,(H,31,36)(H,32,35)/b25-24-. The normalized spacial score (nSPS) is 11.2. The van der Waals surface area contributed by atoms with Crippen molar-refractivity contribution in [3.05, 3.63) is 127 Å². The first kappa shape index (κ1) is 24.1. The fourth-order valence-electron chi connectivity index (χ4n) is 3.66. The molecule has 2 aromatic carbocycles. The van der Waals surface area contributed by atoms with E-state index in [4.69, 9.17) is 0 Å². The van der Waals surface area contributed by atoms with Gasteiger partial charge in [-0.05, 0) is 35.9 Å². The molecule has 2 N–H and O–H groups in total. The molecule has 0 saturated heterocycles. The van der Waals surface area contributed by atoms with Gasteiger partial charge in [-0.3, -0.25) is 19.3 Å². The molecule has 0 unspecified atom stereocenters. The molecule has 0 bridgehead atoms. The number of anilines is 2. The van der Waals surface area contributed by atoms with Gasteiger partial charge in [0.25, 0.3) is 11.8 Å². The molecular formula is C29H25N5O2. The molecule has 36 heavy (non-hydrogen) atoms. The fourth-order valence-corrected chi connectivity index (χ4v) is 3.66. The molecule has 4 aromatic rings. The molecule has 2 amide bonds. The van der Waals surface area contributed by atoms with Crippen LogP contribution < -0.4 is 10.6 Å². The quantitative estimate of drug-likeness (QED) is 0.260. The average molecular weight is 476 g/mol. The van der Waals surface area contributed by atoms with Crippen molar-refractivity contribution >= 4 is 28.9 Å². The first-order valence-corrected chi connectivity index (χ1v) is 11.2. The number of aryl methyl sites for hydroxylation is 1. The monoisotopic (exact) mass is 475 g/mol. The predicted octanol–water partition coefficient (Wildman–Crippen LogP) is 5.50. The minimum Gasteiger partial charge on any atom is -0.322 e. The molecule has 4 rings (SSSR count). The van der Waals surface area contributed by atoms with Gasteiger partial charge < -0.3 is 10.6 Å². The van der Waals surface area contributed by atoms with E-state index in [-0.39, 0.29) is 11.8 Å². The highest BCUT2D eigenvalue weighted by atomic mass is 16.2. The highest BCUT2D eigenvalue weighted by Gasteiger charge is 2.14. The van der Waals surface area contributed by atoms with Gasteiger partial charge in [0.1, 0.15) is 5.82 Å². The van der Waals surface area contributed by atoms with E-state index in [2.05, 4.69) is 33.9 Å². The molecule has 2 aromatic heterocycles. The molecule has 0 fully saturated rings. The van der Waals surface area contributed by atoms with E-state index in [1.54, 1.807) is 66.6 Å². The van der Waals surface area contributed by atoms with Gasteiger partial charge in [0.2, 0.25) is 0 Å². The second-order valence-corrected chi connectivity index (χ2v) is 7.87. The number of aromatic nitrogens is 3. The molecule has 0 spiro atoms. The van der Waals surface area contributed by atoms with Crippen LogP contribution in [0.25, 0.3) is 16.8 Å². The van der Waals surface area contributed by atoms with E-state index < -0.39 is 0 Å². The van der Waals surface area contributed by atoms with Gasteiger partial charge in [0.15, 0.2) is 0 Å². The zero-order valence-electron chi connectivity index (χ0n) is 19.8. The lowest BCUT2D eigenvalue weighted by molar-refractivity contribution is -0.112. The summed E-state index contributed by atoms with van der Waals surface area (Å²) in [6, 6.07) is 21.7. The minimum atomic E-state index is -0.305. The van der Waals surface area contributed by atoms with Crippen LogP contribution in [0, 0.1) is 0 Å². The summed E-state index contributed by atoms with van der Waals surface area (Å²) in [7, 11) is 1.77. The highest BCUT2D eigenvalue weighted by Crippen LogP contribution is 2.25. The van der Waals surface area contributed by atoms with Crippen molar-refractivity contribution in [3.8, 4) is 11.3 Å². The van der Waals surface area contributed by atoms with Crippen LogP contribution in [0.5, 0.6) is 0 Å². The van der Waals surface area contributed by atoms with Crippen molar-refractivity contribution in [2.24, 2.45) is 7.05 Å². The molecule has 0 aliphatic heterocycles. The Labute approximate surface area is 209 Å². The Bertz CT molecular complexity index is 1440. The molecule has 0 radical (unpaired) electrons. The molecule has 7 nitrogen and oxygen atoms in total. The summed E-state index contributed by atoms with van der Waals surface area (Å²) >= 11 is 0. The van der Waals surface area contributed by atoms with Gasteiger partial charge >= 0.3 is 0 Å². The molecular weight excluding hydrogens is 450 g/mol. The van der Waals surface area contributed by atoms with Crippen molar-refractivity contribution < 1.29 is 9.59 Å². The van der Waals surface area contributed by atoms with Gasteiger partial charge in [-0.25, -0.2) is 0 Å². The first-order chi connectivity index (χ1) is 17.5. The predicted molar refractivity (Wildman–Crippen MR) is 143 cm³/mol. The van der Waals surface area contributed by atoms with Crippen LogP contribution in [-0.4, -0.2) is 26.6 Å². The summed E-state index contributed by atoms with van der Waals surface area (Å²) in [5.41, 5.74) is 4.53. The number of hydrogen-bond donors (Lipinski definition) is 2. The molecule has 0 saturated carbocycles. The van der Waals surface area contributed by atoms with Crippen LogP contribution in [-0.2, 0) is 11.8 Å². The number of amides is 2. The summed E-state index contributed by atoms with van der Waals surface area (Å²) in [6.45, 7) is 7.63. The maximum atomic E-state index is 13.0. The van der Waals surface area contributed by atoms with E-state index in [1.165, 1.54) is 6.08 Å². The van der Waals surface area contributed by atoms with Crippen molar-refractivity contribution in [2.75, 3.05) is 10.6 Å². The smallest absolute Gasteiger partial charge is 0.256 e. The first-order valence-electron chi connectivity index (χ1n) is 11.2. The fraction of sp³-hybridized carbons (Fsp3) is 0.0345. The van der Waals surface area contributed by atoms with Gasteiger partial charge in [-0.1, -0.05) is 61.7 Å². The van der Waals surface area contributed by atoms with Crippen molar-refractivity contribution in [3.63, 3.8) is 0 Å². The number of benzene rings is 2. The Kier molecular flexibility index (Phi) is 7.31. The van der Waals surface area contributed by atoms with E-state index in [9.17, 15) is 9.59 Å². The Morgan fingerprint density at radius 1 is 0.889 bits per heavy atom. The van der Waals surface area contributed by atoms with Gasteiger partial charge in [-0.15, -0.1) is 0 Å². The molecule has 178 valence electrons. The largest absolute Gasteiger partial charge is 0.322 e. The highest BCUT2D eigenvalue weighted by molar-refractivity contribution is 6.12. The van der Waals surface area contributed by atoms with E-state index in [0.29, 0.717) is 33.9 Å². The number of nitrogens with one attached hydrogen (secondary N) is 2. The number of nitrogens with zero attached hydrogens (tertiary/aromatic N) is 3. The lowest BCUT2D eigenvalue weighted by Gasteiger charge is -2.10. The molecule has 7 heteroatoms. The lowest BCUT2D eigenvalue weighted by atomic mass is 10.0. The third-order valence-electron chi connectivity index (χ3n) is 5.51. The second-order valence-electron chi connectivity index (χ2n) is 7.87. The second kappa shape index (κ2) is 10.9. The van der Waals surface area contributed by atoms with E-state index in [0.717, 1.165) is 11.1 Å². The summed E-state index contributed by atoms with van der Waals surface area (Å²) < 4.78 is 1.61. The topological polar surface area (TPSA) is 88.9 Å². The van der Waals surface area contributed by atoms with Crippen LogP contribution in [0.15, 0.2) is 116 Å². The van der Waals surface area contributed by atoms with E-state index >= 15 is 0 Å². The van der Waals surface area contributed by atoms with Gasteiger partial charge in [-0.2, -0.15) is 5.10 Å². The number of allylic oxidation sites excluding steroid dienone is 2. The zero-order chi connectivity index (χ0) is 25.5. The third kappa shape index (κ3) is 5.37. The minimum absolute atomic E-state index is 0.209. The maximum absolute atomic E-state index is 13.0. The average Bonchev–Trinajstić information content (AvgIpc) is 3.28. The van der Waals surface area contributed by atoms with Gasteiger partial charge in [0, 0.05) is 53.5 Å². The number of hydrogen-bond acceptors (Lipinski definition) is 4. The van der Waals surface area contributed by atoms with E-state index in [1.807, 2.05) is 36.4 Å². The van der Waals surface area contributed by atoms with Crippen molar-refractivity contribution in [1.29, 1.82) is 0 Å². The van der Waals surface area contributed by atoms with Crippen molar-refractivity contribution in [2.45, 2.75) is 0 Å². The molecule has 0 aliphatic rings. The number of carbonyl (C=O) groups is 2. The lowest BCUT2D eigenvalue weighted by Crippen LogP contribution is -2.14. The Balaban J connectivity index is 1.49. The number of rotatable bonds is 8. The van der Waals surface area contributed by atoms with Crippen LogP contribution in [0.3, 0.4) is 0 Å². The number of pyridine rings is 1. The summed E-state index contributed by atoms with van der Waals surface area (Å²) in [5, 5.41) is 10.3. The van der Waals surface area contributed by atoms with Crippen LogP contribution in [0.4, 0.5) is 11.5 Å². The molecule has 0 aliphatic carbocycles. The summed E-state index contributed by atoms with van der Waals surface area (Å²) in [4.78, 5) is 29.6. The molecule has 2 heterocycles. The summed E-state index contributed by atoms with van der Waals surface area (Å²) in [6.07, 6.45) is 6.46. The number of carbonyl (C=O) groups excluding carboxylic acids is 2. The van der Waals surface area contributed by atoms with Crippen LogP contribution in [0.2, 0.25) is 0 Å². The summed E-state index contributed by atoms with van der Waals surface area (Å²) in [5.74, 6) is 0.0593. The molecule has 0 atom stereocenters. The Hall–Kier alpha value is -5.04. The zero-order valence-corrected chi connectivity index (χ0v) is 19.8. The third-order valence-corrected chi connectivity index (χ3v) is 5.51. The SMILES string of the molecule is C=C/C(C(=O)Nc1ccc(-c2cc(NC(=O)c3ccccc3)n(C)n2)cc1)=C(\C=C)c1cccnc1. The van der Waals surface area contributed by atoms with Gasteiger partial charge in [0.05, 0.1) is 5.69 Å². The maximum Gasteiger partial charge on any atom is 0.256 e. The Morgan fingerprint density at radius 3 is 2.25 bits per heavy atom. The Morgan fingerprint density at radius 2 is 1.61 bits per heavy atom. The van der Waals surface area contributed by atoms with Crippen molar-refractivity contribution in [1.82, 2.24) is 14.8 Å². The van der Waals surface area contributed by atoms with Crippen LogP contribution >= 0.6 is 0 Å². The van der Waals surface area contributed by atoms with Crippen LogP contribution in [0.1, 0.15) is 15.9 Å².